The first-order valence-corrected chi connectivity index (χ1v) is 5.77. The van der Waals surface area contributed by atoms with Crippen LogP contribution in [0.25, 0.3) is 0 Å². The number of pyridine rings is 1. The summed E-state index contributed by atoms with van der Waals surface area (Å²) in [7, 11) is 0. The first-order valence-electron chi connectivity index (χ1n) is 5.77. The third kappa shape index (κ3) is 3.17. The van der Waals surface area contributed by atoms with E-state index in [-0.39, 0.29) is 6.23 Å². The summed E-state index contributed by atoms with van der Waals surface area (Å²) in [6.45, 7) is 0.993. The molecule has 1 aromatic heterocycles. The highest BCUT2D eigenvalue weighted by atomic mass is 16.5. The molecule has 0 radical (unpaired) electrons. The molecule has 1 aliphatic heterocycles. The van der Waals surface area contributed by atoms with Crippen molar-refractivity contribution in [3.8, 4) is 0 Å². The largest absolute Gasteiger partial charge is 0.465 e. The van der Waals surface area contributed by atoms with Crippen molar-refractivity contribution < 1.29 is 14.6 Å². The van der Waals surface area contributed by atoms with Gasteiger partial charge >= 0.3 is 6.09 Å². The van der Waals surface area contributed by atoms with Crippen LogP contribution in [0.3, 0.4) is 0 Å². The predicted octanol–water partition coefficient (Wildman–Crippen LogP) is 2.09. The fourth-order valence-electron chi connectivity index (χ4n) is 1.96. The minimum atomic E-state index is -0.899. The van der Waals surface area contributed by atoms with Crippen LogP contribution in [-0.2, 0) is 11.3 Å². The second-order valence-corrected chi connectivity index (χ2v) is 4.09. The minimum absolute atomic E-state index is 0.311. The Morgan fingerprint density at radius 1 is 1.47 bits per heavy atom. The maximum atomic E-state index is 11.0. The topological polar surface area (TPSA) is 62.7 Å². The molecule has 0 saturated carbocycles. The van der Waals surface area contributed by atoms with E-state index in [4.69, 9.17) is 9.84 Å². The molecule has 1 N–H and O–H groups in total. The molecule has 92 valence electrons. The van der Waals surface area contributed by atoms with Crippen LogP contribution in [-0.4, -0.2) is 33.9 Å². The molecule has 5 heteroatoms. The smallest absolute Gasteiger partial charge is 0.409 e. The van der Waals surface area contributed by atoms with Crippen LogP contribution < -0.4 is 0 Å². The van der Waals surface area contributed by atoms with Gasteiger partial charge in [0.05, 0.1) is 6.61 Å². The van der Waals surface area contributed by atoms with E-state index < -0.39 is 6.09 Å². The van der Waals surface area contributed by atoms with Gasteiger partial charge in [-0.2, -0.15) is 0 Å². The highest BCUT2D eigenvalue weighted by Crippen LogP contribution is 2.19. The zero-order valence-electron chi connectivity index (χ0n) is 9.58. The summed E-state index contributed by atoms with van der Waals surface area (Å²) in [6.07, 6.45) is 4.91. The average Bonchev–Trinajstić information content (AvgIpc) is 2.38. The number of piperidine rings is 1. The molecule has 2 rings (SSSR count). The van der Waals surface area contributed by atoms with Crippen LogP contribution >= 0.6 is 0 Å². The average molecular weight is 236 g/mol. The van der Waals surface area contributed by atoms with Gasteiger partial charge < -0.3 is 9.84 Å². The minimum Gasteiger partial charge on any atom is -0.465 e. The fourth-order valence-corrected chi connectivity index (χ4v) is 1.96. The molecule has 0 bridgehead atoms. The van der Waals surface area contributed by atoms with Crippen molar-refractivity contribution in [1.29, 1.82) is 0 Å². The molecule has 5 nitrogen and oxygen atoms in total. The van der Waals surface area contributed by atoms with Crippen molar-refractivity contribution in [3.05, 3.63) is 30.1 Å². The molecular formula is C12H16N2O3. The second kappa shape index (κ2) is 5.63. The Labute approximate surface area is 100 Å². The number of hydrogen-bond acceptors (Lipinski definition) is 3. The van der Waals surface area contributed by atoms with Crippen LogP contribution in [0.5, 0.6) is 0 Å². The fraction of sp³-hybridized carbons (Fsp3) is 0.500. The highest BCUT2D eigenvalue weighted by Gasteiger charge is 2.26. The standard InChI is InChI=1S/C12H16N2O3/c15-12(16)14-8-2-1-3-11(14)17-9-10-4-6-13-7-5-10/h4-7,11H,1-3,8-9H2,(H,15,16). The van der Waals surface area contributed by atoms with Crippen molar-refractivity contribution in [2.45, 2.75) is 32.1 Å². The molecule has 1 aliphatic rings. The Hall–Kier alpha value is -1.62. The van der Waals surface area contributed by atoms with Gasteiger partial charge in [-0.3, -0.25) is 9.88 Å². The molecule has 1 aromatic rings. The highest BCUT2D eigenvalue weighted by molar-refractivity contribution is 5.65. The number of likely N-dealkylation sites (tertiary alicyclic amines) is 1. The van der Waals surface area contributed by atoms with E-state index in [0.29, 0.717) is 13.2 Å². The molecule has 0 spiro atoms. The van der Waals surface area contributed by atoms with E-state index in [9.17, 15) is 4.79 Å². The Bertz CT molecular complexity index is 369. The zero-order chi connectivity index (χ0) is 12.1. The Morgan fingerprint density at radius 3 is 2.94 bits per heavy atom. The number of carbonyl (C=O) groups is 1. The van der Waals surface area contributed by atoms with Gasteiger partial charge in [0.1, 0.15) is 6.23 Å². The number of nitrogens with zero attached hydrogens (tertiary/aromatic N) is 2. The third-order valence-electron chi connectivity index (χ3n) is 2.89. The second-order valence-electron chi connectivity index (χ2n) is 4.09. The van der Waals surface area contributed by atoms with Crippen molar-refractivity contribution >= 4 is 6.09 Å². The lowest BCUT2D eigenvalue weighted by Crippen LogP contribution is -2.44. The van der Waals surface area contributed by atoms with E-state index in [1.54, 1.807) is 12.4 Å². The van der Waals surface area contributed by atoms with Crippen LogP contribution in [0, 0.1) is 0 Å². The van der Waals surface area contributed by atoms with Crippen molar-refractivity contribution in [2.75, 3.05) is 6.54 Å². The van der Waals surface area contributed by atoms with Crippen molar-refractivity contribution in [3.63, 3.8) is 0 Å². The van der Waals surface area contributed by atoms with Gasteiger partial charge in [-0.1, -0.05) is 0 Å². The van der Waals surface area contributed by atoms with Gasteiger partial charge in [0.15, 0.2) is 0 Å². The number of aromatic nitrogens is 1. The Kier molecular flexibility index (Phi) is 3.93. The summed E-state index contributed by atoms with van der Waals surface area (Å²) < 4.78 is 5.66. The molecule has 1 saturated heterocycles. The van der Waals surface area contributed by atoms with Gasteiger partial charge in [0.2, 0.25) is 0 Å². The predicted molar refractivity (Wildman–Crippen MR) is 61.4 cm³/mol. The molecule has 1 unspecified atom stereocenters. The van der Waals surface area contributed by atoms with Crippen molar-refractivity contribution in [1.82, 2.24) is 9.88 Å². The SMILES string of the molecule is O=C(O)N1CCCCC1OCc1ccncc1. The van der Waals surface area contributed by atoms with E-state index in [0.717, 1.165) is 24.8 Å². The number of rotatable bonds is 3. The van der Waals surface area contributed by atoms with E-state index in [1.165, 1.54) is 4.90 Å². The van der Waals surface area contributed by atoms with E-state index in [1.807, 2.05) is 12.1 Å². The quantitative estimate of drug-likeness (QED) is 0.872. The summed E-state index contributed by atoms with van der Waals surface area (Å²) >= 11 is 0. The summed E-state index contributed by atoms with van der Waals surface area (Å²) in [5, 5.41) is 9.04. The Balaban J connectivity index is 1.90. The molecule has 0 aromatic carbocycles. The zero-order valence-corrected chi connectivity index (χ0v) is 9.58. The van der Waals surface area contributed by atoms with E-state index >= 15 is 0 Å². The van der Waals surface area contributed by atoms with Crippen LogP contribution in [0.4, 0.5) is 4.79 Å². The summed E-state index contributed by atoms with van der Waals surface area (Å²) in [6, 6.07) is 3.74. The molecule has 2 heterocycles. The van der Waals surface area contributed by atoms with Gasteiger partial charge in [0, 0.05) is 18.9 Å². The number of hydrogen-bond donors (Lipinski definition) is 1. The first-order chi connectivity index (χ1) is 8.27. The molecule has 1 amide bonds. The van der Waals surface area contributed by atoms with Crippen LogP contribution in [0.2, 0.25) is 0 Å². The normalized spacial score (nSPS) is 20.2. The summed E-state index contributed by atoms with van der Waals surface area (Å²) in [5.74, 6) is 0. The molecule has 1 fully saturated rings. The number of ether oxygens (including phenoxy) is 1. The van der Waals surface area contributed by atoms with E-state index in [2.05, 4.69) is 4.98 Å². The first kappa shape index (κ1) is 11.9. The third-order valence-corrected chi connectivity index (χ3v) is 2.89. The van der Waals surface area contributed by atoms with Crippen LogP contribution in [0.15, 0.2) is 24.5 Å². The molecule has 17 heavy (non-hydrogen) atoms. The number of amides is 1. The number of carboxylic acid groups (broad SMARTS) is 1. The lowest BCUT2D eigenvalue weighted by molar-refractivity contribution is -0.0745. The van der Waals surface area contributed by atoms with Gasteiger partial charge in [0.25, 0.3) is 0 Å². The maximum Gasteiger partial charge on any atom is 0.409 e. The molecule has 1 atom stereocenters. The van der Waals surface area contributed by atoms with Gasteiger partial charge in [-0.25, -0.2) is 4.79 Å². The van der Waals surface area contributed by atoms with Gasteiger partial charge in [-0.05, 0) is 37.0 Å². The van der Waals surface area contributed by atoms with Gasteiger partial charge in [-0.15, -0.1) is 0 Å². The molecular weight excluding hydrogens is 220 g/mol. The molecule has 0 aliphatic carbocycles. The lowest BCUT2D eigenvalue weighted by Gasteiger charge is -2.33. The monoisotopic (exact) mass is 236 g/mol. The Morgan fingerprint density at radius 2 is 2.24 bits per heavy atom. The lowest BCUT2D eigenvalue weighted by atomic mass is 10.1. The van der Waals surface area contributed by atoms with Crippen LogP contribution in [0.1, 0.15) is 24.8 Å². The van der Waals surface area contributed by atoms with Crippen molar-refractivity contribution in [2.24, 2.45) is 0 Å². The summed E-state index contributed by atoms with van der Waals surface area (Å²) in [5.41, 5.74) is 1.01. The maximum absolute atomic E-state index is 11.0. The summed E-state index contributed by atoms with van der Waals surface area (Å²) in [4.78, 5) is 16.3.